The lowest BCUT2D eigenvalue weighted by Gasteiger charge is -1.94. The van der Waals surface area contributed by atoms with Crippen molar-refractivity contribution >= 4 is 0 Å². The molecule has 4 heteroatoms. The Hall–Kier alpha value is -3.40. The second-order valence-corrected chi connectivity index (χ2v) is 9.73. The molecule has 0 spiro atoms. The zero-order valence-electron chi connectivity index (χ0n) is 32.7. The molecule has 0 N–H and O–H groups in total. The summed E-state index contributed by atoms with van der Waals surface area (Å²) >= 11 is 0. The van der Waals surface area contributed by atoms with Crippen molar-refractivity contribution in [2.75, 3.05) is 0 Å². The molecule has 0 bridgehead atoms. The smallest absolute Gasteiger partial charge is 0.180 e. The summed E-state index contributed by atoms with van der Waals surface area (Å²) in [6.45, 7) is 33.0. The highest BCUT2D eigenvalue weighted by atomic mass is 14.9. The summed E-state index contributed by atoms with van der Waals surface area (Å²) in [5.41, 5.74) is 10.8. The van der Waals surface area contributed by atoms with Crippen LogP contribution in [0.2, 0.25) is 0 Å². The van der Waals surface area contributed by atoms with Crippen LogP contribution in [0, 0.1) is 55.4 Å². The van der Waals surface area contributed by atoms with Crippen molar-refractivity contribution in [1.29, 1.82) is 0 Å². The third-order valence-electron chi connectivity index (χ3n) is 6.67. The molecule has 4 nitrogen and oxygen atoms in total. The minimum absolute atomic E-state index is 1.33. The first-order valence-electron chi connectivity index (χ1n) is 16.5. The van der Waals surface area contributed by atoms with Crippen LogP contribution in [-0.2, 0) is 28.2 Å². The molecule has 0 saturated carbocycles. The lowest BCUT2D eigenvalue weighted by atomic mass is 10.2. The van der Waals surface area contributed by atoms with Crippen molar-refractivity contribution < 1.29 is 18.3 Å². The Labute approximate surface area is 275 Å². The lowest BCUT2D eigenvalue weighted by Crippen LogP contribution is -2.31. The summed E-state index contributed by atoms with van der Waals surface area (Å²) < 4.78 is 8.36. The van der Waals surface area contributed by atoms with E-state index in [0.29, 0.717) is 0 Å². The zero-order chi connectivity index (χ0) is 35.4. The number of hydrogen-bond acceptors (Lipinski definition) is 0. The predicted octanol–water partition coefficient (Wildman–Crippen LogP) is 8.62. The fourth-order valence-electron chi connectivity index (χ4n) is 3.28. The van der Waals surface area contributed by atoms with Gasteiger partial charge >= 0.3 is 0 Å². The van der Waals surface area contributed by atoms with Crippen molar-refractivity contribution in [3.63, 3.8) is 0 Å². The third-order valence-corrected chi connectivity index (χ3v) is 6.67. The maximum atomic E-state index is 2.12. The predicted molar refractivity (Wildman–Crippen MR) is 194 cm³/mol. The molecule has 0 aliphatic heterocycles. The average molecular weight is 609 g/mol. The van der Waals surface area contributed by atoms with Gasteiger partial charge in [0.25, 0.3) is 0 Å². The molecular formula is C40H72N4+4. The van der Waals surface area contributed by atoms with Crippen LogP contribution in [0.3, 0.4) is 0 Å². The van der Waals surface area contributed by atoms with Crippen LogP contribution < -0.4 is 18.3 Å². The van der Waals surface area contributed by atoms with Crippen molar-refractivity contribution in [1.82, 2.24) is 0 Å². The van der Waals surface area contributed by atoms with Gasteiger partial charge in [-0.3, -0.25) is 0 Å². The summed E-state index contributed by atoms with van der Waals surface area (Å²) in [5, 5.41) is 0. The SMILES string of the molecule is CC.CC.CC.CC.Cc1cc[n+](C)cc1C.Cc1cc[n+](C)cc1C.Cc1ccc[n+](C)c1C.Cc1ccc[n+](C)c1C. The van der Waals surface area contributed by atoms with Gasteiger partial charge in [0, 0.05) is 60.4 Å². The molecule has 4 heterocycles. The largest absolute Gasteiger partial charge is 0.208 e. The van der Waals surface area contributed by atoms with Gasteiger partial charge < -0.3 is 0 Å². The first-order valence-corrected chi connectivity index (χ1v) is 16.5. The molecule has 0 saturated heterocycles. The third kappa shape index (κ3) is 21.3. The molecule has 0 aliphatic rings. The molecule has 0 aromatic carbocycles. The van der Waals surface area contributed by atoms with E-state index in [9.17, 15) is 0 Å². The topological polar surface area (TPSA) is 15.5 Å². The second-order valence-electron chi connectivity index (χ2n) is 9.73. The number of aromatic nitrogens is 4. The molecule has 4 aromatic heterocycles. The molecular weight excluding hydrogens is 536 g/mol. The monoisotopic (exact) mass is 609 g/mol. The summed E-state index contributed by atoms with van der Waals surface area (Å²) in [6.07, 6.45) is 12.5. The van der Waals surface area contributed by atoms with E-state index >= 15 is 0 Å². The van der Waals surface area contributed by atoms with Gasteiger partial charge in [-0.05, 0) is 64.8 Å². The van der Waals surface area contributed by atoms with Gasteiger partial charge in [-0.15, -0.1) is 0 Å². The Morgan fingerprint density at radius 2 is 0.614 bits per heavy atom. The molecule has 0 radical (unpaired) electrons. The molecule has 0 aliphatic carbocycles. The summed E-state index contributed by atoms with van der Waals surface area (Å²) in [7, 11) is 8.18. The number of nitrogens with zero attached hydrogens (tertiary/aromatic N) is 4. The maximum Gasteiger partial charge on any atom is 0.180 e. The zero-order valence-corrected chi connectivity index (χ0v) is 32.7. The first kappa shape index (κ1) is 47.5. The van der Waals surface area contributed by atoms with Crippen LogP contribution in [0.5, 0.6) is 0 Å². The minimum Gasteiger partial charge on any atom is -0.208 e. The Bertz CT molecular complexity index is 1120. The number of rotatable bonds is 0. The van der Waals surface area contributed by atoms with E-state index in [1.165, 1.54) is 44.8 Å². The van der Waals surface area contributed by atoms with Gasteiger partial charge in [0.2, 0.25) is 0 Å². The van der Waals surface area contributed by atoms with E-state index in [1.54, 1.807) is 0 Å². The maximum absolute atomic E-state index is 2.12. The van der Waals surface area contributed by atoms with Crippen LogP contribution in [-0.4, -0.2) is 0 Å². The molecule has 0 amide bonds. The van der Waals surface area contributed by atoms with E-state index in [-0.39, 0.29) is 0 Å². The quantitative estimate of drug-likeness (QED) is 0.178. The summed E-state index contributed by atoms with van der Waals surface area (Å²) in [4.78, 5) is 0. The van der Waals surface area contributed by atoms with E-state index < -0.39 is 0 Å². The van der Waals surface area contributed by atoms with Crippen molar-refractivity contribution in [3.05, 3.63) is 118 Å². The van der Waals surface area contributed by atoms with Crippen molar-refractivity contribution in [2.45, 2.75) is 111 Å². The molecule has 4 rings (SSSR count). The standard InChI is InChI=1S/4C8H12N.4C2H6/c2*1-7-4-5-9(3)6-8(7)2;2*1-7-5-4-6-9(3)8(7)2;4*1-2/h4*4-6H,1-3H3;4*1-2H3/q4*+1;;;;. The average Bonchev–Trinajstić information content (AvgIpc) is 3.03. The van der Waals surface area contributed by atoms with Gasteiger partial charge in [0.05, 0.1) is 0 Å². The lowest BCUT2D eigenvalue weighted by molar-refractivity contribution is -0.678. The first-order chi connectivity index (χ1) is 20.8. The fourth-order valence-corrected chi connectivity index (χ4v) is 3.28. The second kappa shape index (κ2) is 29.7. The van der Waals surface area contributed by atoms with Gasteiger partial charge in [-0.2, -0.15) is 0 Å². The summed E-state index contributed by atoms with van der Waals surface area (Å²) in [6, 6.07) is 12.6. The van der Waals surface area contributed by atoms with E-state index in [2.05, 4.69) is 161 Å². The number of pyridine rings is 4. The van der Waals surface area contributed by atoms with Gasteiger partial charge in [-0.25, -0.2) is 18.3 Å². The van der Waals surface area contributed by atoms with Gasteiger partial charge in [-0.1, -0.05) is 55.4 Å². The van der Waals surface area contributed by atoms with Crippen LogP contribution >= 0.6 is 0 Å². The Kier molecular flexibility index (Phi) is 32.0. The Balaban J connectivity index is -0.000000225. The van der Waals surface area contributed by atoms with Crippen LogP contribution in [0.25, 0.3) is 0 Å². The van der Waals surface area contributed by atoms with E-state index in [4.69, 9.17) is 0 Å². The number of hydrogen-bond donors (Lipinski definition) is 0. The molecule has 44 heavy (non-hydrogen) atoms. The highest BCUT2D eigenvalue weighted by Crippen LogP contribution is 2.00. The molecule has 0 unspecified atom stereocenters. The number of aryl methyl sites for hydroxylation is 10. The van der Waals surface area contributed by atoms with E-state index in [0.717, 1.165) is 0 Å². The van der Waals surface area contributed by atoms with Crippen molar-refractivity contribution in [2.24, 2.45) is 28.2 Å². The van der Waals surface area contributed by atoms with Crippen LogP contribution in [0.15, 0.2) is 73.6 Å². The van der Waals surface area contributed by atoms with Gasteiger partial charge in [0.15, 0.2) is 48.6 Å². The Morgan fingerprint density at radius 3 is 0.795 bits per heavy atom. The van der Waals surface area contributed by atoms with Gasteiger partial charge in [0.1, 0.15) is 28.2 Å². The van der Waals surface area contributed by atoms with Crippen molar-refractivity contribution in [3.8, 4) is 0 Å². The highest BCUT2D eigenvalue weighted by Gasteiger charge is 2.01. The highest BCUT2D eigenvalue weighted by molar-refractivity contribution is 5.17. The fraction of sp³-hybridized carbons (Fsp3) is 0.500. The summed E-state index contributed by atoms with van der Waals surface area (Å²) in [5.74, 6) is 0. The van der Waals surface area contributed by atoms with E-state index in [1.807, 2.05) is 69.5 Å². The Morgan fingerprint density at radius 1 is 0.341 bits per heavy atom. The van der Waals surface area contributed by atoms with Crippen LogP contribution in [0.1, 0.15) is 100 Å². The molecule has 0 atom stereocenters. The molecule has 248 valence electrons. The minimum atomic E-state index is 1.33. The molecule has 0 fully saturated rings. The molecule has 4 aromatic rings. The normalized spacial score (nSPS) is 8.45. The van der Waals surface area contributed by atoms with Crippen LogP contribution in [0.4, 0.5) is 0 Å².